The third-order valence-corrected chi connectivity index (χ3v) is 4.90. The van der Waals surface area contributed by atoms with Crippen LogP contribution in [0.4, 0.5) is 9.52 Å². The number of thiazole rings is 1. The highest BCUT2D eigenvalue weighted by molar-refractivity contribution is 7.13. The molecule has 0 radical (unpaired) electrons. The van der Waals surface area contributed by atoms with E-state index < -0.39 is 0 Å². The van der Waals surface area contributed by atoms with Crippen molar-refractivity contribution in [3.8, 4) is 0 Å². The van der Waals surface area contributed by atoms with Crippen molar-refractivity contribution in [2.24, 2.45) is 5.92 Å². The van der Waals surface area contributed by atoms with E-state index >= 15 is 0 Å². The van der Waals surface area contributed by atoms with E-state index in [0.717, 1.165) is 18.5 Å². The van der Waals surface area contributed by atoms with E-state index in [0.29, 0.717) is 23.8 Å². The number of amides is 2. The molecule has 0 saturated carbocycles. The summed E-state index contributed by atoms with van der Waals surface area (Å²) in [4.78, 5) is 30.8. The number of carbonyl (C=O) groups excluding carboxylic acids is 2. The van der Waals surface area contributed by atoms with Crippen molar-refractivity contribution in [1.82, 2.24) is 9.88 Å². The second-order valence-corrected chi connectivity index (χ2v) is 6.74. The summed E-state index contributed by atoms with van der Waals surface area (Å²) in [7, 11) is 0. The Morgan fingerprint density at radius 2 is 2.08 bits per heavy atom. The highest BCUT2D eigenvalue weighted by Gasteiger charge is 2.29. The zero-order valence-electron chi connectivity index (χ0n) is 13.3. The Kier molecular flexibility index (Phi) is 4.89. The number of halogens is 1. The minimum Gasteiger partial charge on any atom is -0.338 e. The van der Waals surface area contributed by atoms with E-state index in [-0.39, 0.29) is 23.5 Å². The molecule has 1 aliphatic heterocycles. The van der Waals surface area contributed by atoms with Crippen LogP contribution in [0.25, 0.3) is 0 Å². The van der Waals surface area contributed by atoms with Crippen LogP contribution in [0.3, 0.4) is 0 Å². The van der Waals surface area contributed by atoms with Crippen LogP contribution in [0.1, 0.15) is 28.9 Å². The molecule has 24 heavy (non-hydrogen) atoms. The Morgan fingerprint density at radius 3 is 2.75 bits per heavy atom. The van der Waals surface area contributed by atoms with Gasteiger partial charge in [0.25, 0.3) is 5.91 Å². The number of piperidine rings is 1. The summed E-state index contributed by atoms with van der Waals surface area (Å²) in [6.45, 7) is 2.85. The second kappa shape index (κ2) is 7.09. The van der Waals surface area contributed by atoms with Crippen molar-refractivity contribution in [3.05, 3.63) is 46.7 Å². The molecular formula is C17H18FN3O2S. The van der Waals surface area contributed by atoms with Crippen molar-refractivity contribution >= 4 is 28.3 Å². The normalized spacial score (nSPS) is 17.6. The summed E-state index contributed by atoms with van der Waals surface area (Å²) in [6.07, 6.45) is 1.51. The molecule has 3 rings (SSSR count). The molecule has 1 saturated heterocycles. The topological polar surface area (TPSA) is 62.3 Å². The van der Waals surface area contributed by atoms with Gasteiger partial charge in [0.05, 0.1) is 11.6 Å². The molecule has 2 heterocycles. The summed E-state index contributed by atoms with van der Waals surface area (Å²) in [5, 5.41) is 5.28. The SMILES string of the molecule is Cc1csc(NC(=O)[C@@H]2CCCN(C(=O)c3ccc(F)cc3)C2)n1. The van der Waals surface area contributed by atoms with Crippen LogP contribution in [0.5, 0.6) is 0 Å². The van der Waals surface area contributed by atoms with Gasteiger partial charge in [-0.3, -0.25) is 9.59 Å². The molecule has 2 amide bonds. The first-order valence-corrected chi connectivity index (χ1v) is 8.69. The average Bonchev–Trinajstić information content (AvgIpc) is 3.00. The fourth-order valence-electron chi connectivity index (χ4n) is 2.77. The molecule has 126 valence electrons. The first kappa shape index (κ1) is 16.6. The van der Waals surface area contributed by atoms with Crippen molar-refractivity contribution in [2.45, 2.75) is 19.8 Å². The van der Waals surface area contributed by atoms with Gasteiger partial charge in [0.2, 0.25) is 5.91 Å². The lowest BCUT2D eigenvalue weighted by Crippen LogP contribution is -2.43. The molecule has 0 bridgehead atoms. The molecule has 7 heteroatoms. The zero-order valence-corrected chi connectivity index (χ0v) is 14.1. The van der Waals surface area contributed by atoms with Crippen LogP contribution in [-0.4, -0.2) is 34.8 Å². The smallest absolute Gasteiger partial charge is 0.253 e. The fraction of sp³-hybridized carbons (Fsp3) is 0.353. The zero-order chi connectivity index (χ0) is 17.1. The molecule has 0 unspecified atom stereocenters. The molecule has 1 aromatic carbocycles. The molecule has 0 spiro atoms. The quantitative estimate of drug-likeness (QED) is 0.928. The number of aryl methyl sites for hydroxylation is 1. The third kappa shape index (κ3) is 3.79. The largest absolute Gasteiger partial charge is 0.338 e. The van der Waals surface area contributed by atoms with Gasteiger partial charge >= 0.3 is 0 Å². The minimum absolute atomic E-state index is 0.110. The number of benzene rings is 1. The number of nitrogens with zero attached hydrogens (tertiary/aromatic N) is 2. The number of carbonyl (C=O) groups is 2. The summed E-state index contributed by atoms with van der Waals surface area (Å²) >= 11 is 1.39. The maximum Gasteiger partial charge on any atom is 0.253 e. The average molecular weight is 347 g/mol. The third-order valence-electron chi connectivity index (χ3n) is 4.02. The van der Waals surface area contributed by atoms with Crippen molar-refractivity contribution in [1.29, 1.82) is 0 Å². The molecule has 1 aromatic heterocycles. The lowest BCUT2D eigenvalue weighted by molar-refractivity contribution is -0.121. The van der Waals surface area contributed by atoms with Crippen LogP contribution < -0.4 is 5.32 Å². The van der Waals surface area contributed by atoms with Crippen LogP contribution in [-0.2, 0) is 4.79 Å². The Balaban J connectivity index is 1.64. The summed E-state index contributed by atoms with van der Waals surface area (Å²) in [5.41, 5.74) is 1.31. The summed E-state index contributed by atoms with van der Waals surface area (Å²) < 4.78 is 13.0. The number of hydrogen-bond donors (Lipinski definition) is 1. The van der Waals surface area contributed by atoms with Crippen molar-refractivity contribution in [2.75, 3.05) is 18.4 Å². The Bertz CT molecular complexity index is 745. The maximum absolute atomic E-state index is 13.0. The van der Waals surface area contributed by atoms with Gasteiger partial charge in [-0.1, -0.05) is 0 Å². The standard InChI is InChI=1S/C17H18FN3O2S/c1-11-10-24-17(19-11)20-15(22)13-3-2-8-21(9-13)16(23)12-4-6-14(18)7-5-12/h4-7,10,13H,2-3,8-9H2,1H3,(H,19,20,22)/t13-/m1/s1. The molecule has 1 N–H and O–H groups in total. The first-order chi connectivity index (χ1) is 11.5. The van der Waals surface area contributed by atoms with Crippen LogP contribution in [0.2, 0.25) is 0 Å². The molecular weight excluding hydrogens is 329 g/mol. The van der Waals surface area contributed by atoms with E-state index in [2.05, 4.69) is 10.3 Å². The van der Waals surface area contributed by atoms with Gasteiger partial charge in [0.15, 0.2) is 5.13 Å². The van der Waals surface area contributed by atoms with Crippen molar-refractivity contribution in [3.63, 3.8) is 0 Å². The highest BCUT2D eigenvalue weighted by Crippen LogP contribution is 2.22. The predicted molar refractivity (Wildman–Crippen MR) is 90.5 cm³/mol. The molecule has 2 aromatic rings. The minimum atomic E-state index is -0.374. The second-order valence-electron chi connectivity index (χ2n) is 5.88. The van der Waals surface area contributed by atoms with Crippen LogP contribution in [0.15, 0.2) is 29.6 Å². The lowest BCUT2D eigenvalue weighted by Gasteiger charge is -2.32. The van der Waals surface area contributed by atoms with E-state index in [1.54, 1.807) is 4.90 Å². The van der Waals surface area contributed by atoms with Gasteiger partial charge in [-0.15, -0.1) is 11.3 Å². The molecule has 0 aliphatic carbocycles. The number of likely N-dealkylation sites (tertiary alicyclic amines) is 1. The fourth-order valence-corrected chi connectivity index (χ4v) is 3.46. The molecule has 1 aliphatic rings. The van der Waals surface area contributed by atoms with Gasteiger partial charge in [0, 0.05) is 24.0 Å². The number of nitrogens with one attached hydrogen (secondary N) is 1. The van der Waals surface area contributed by atoms with Gasteiger partial charge in [-0.25, -0.2) is 9.37 Å². The van der Waals surface area contributed by atoms with Crippen LogP contribution in [0, 0.1) is 18.7 Å². The van der Waals surface area contributed by atoms with E-state index in [9.17, 15) is 14.0 Å². The highest BCUT2D eigenvalue weighted by atomic mass is 32.1. The van der Waals surface area contributed by atoms with Gasteiger partial charge in [-0.05, 0) is 44.0 Å². The Hall–Kier alpha value is -2.28. The number of anilines is 1. The maximum atomic E-state index is 13.0. The van der Waals surface area contributed by atoms with Crippen LogP contribution >= 0.6 is 11.3 Å². The van der Waals surface area contributed by atoms with E-state index in [4.69, 9.17) is 0 Å². The number of rotatable bonds is 3. The first-order valence-electron chi connectivity index (χ1n) is 7.81. The van der Waals surface area contributed by atoms with Gasteiger partial charge in [-0.2, -0.15) is 0 Å². The summed E-state index contributed by atoms with van der Waals surface area (Å²) in [6, 6.07) is 5.48. The molecule has 1 atom stereocenters. The number of aromatic nitrogens is 1. The molecule has 5 nitrogen and oxygen atoms in total. The van der Waals surface area contributed by atoms with Gasteiger partial charge < -0.3 is 10.2 Å². The van der Waals surface area contributed by atoms with Crippen molar-refractivity contribution < 1.29 is 14.0 Å². The molecule has 1 fully saturated rings. The predicted octanol–water partition coefficient (Wildman–Crippen LogP) is 3.08. The Labute approximate surface area is 143 Å². The Morgan fingerprint density at radius 1 is 1.33 bits per heavy atom. The summed E-state index contributed by atoms with van der Waals surface area (Å²) in [5.74, 6) is -0.910. The lowest BCUT2D eigenvalue weighted by atomic mass is 9.96. The van der Waals surface area contributed by atoms with Gasteiger partial charge in [0.1, 0.15) is 5.82 Å². The van der Waals surface area contributed by atoms with E-state index in [1.165, 1.54) is 35.6 Å². The monoisotopic (exact) mass is 347 g/mol. The van der Waals surface area contributed by atoms with E-state index in [1.807, 2.05) is 12.3 Å². The number of hydrogen-bond acceptors (Lipinski definition) is 4.